The molecule has 3 aromatic rings. The molecule has 5 rings (SSSR count). The summed E-state index contributed by atoms with van der Waals surface area (Å²) in [4.78, 5) is 0. The van der Waals surface area contributed by atoms with Crippen LogP contribution in [0.3, 0.4) is 0 Å². The van der Waals surface area contributed by atoms with E-state index in [0.29, 0.717) is 0 Å². The summed E-state index contributed by atoms with van der Waals surface area (Å²) in [6.07, 6.45) is 11.3. The van der Waals surface area contributed by atoms with Crippen LogP contribution in [-0.2, 0) is 12.8 Å². The van der Waals surface area contributed by atoms with Crippen LogP contribution in [0, 0.1) is 0 Å². The molecule has 0 fully saturated rings. The number of benzene rings is 3. The number of hydrogen-bond donors (Lipinski definition) is 0. The number of fused-ring (bicyclic) bond motifs is 2. The lowest BCUT2D eigenvalue weighted by Crippen LogP contribution is -2.01. The summed E-state index contributed by atoms with van der Waals surface area (Å²) in [5, 5.41) is 5.80. The van der Waals surface area contributed by atoms with E-state index >= 15 is 0 Å². The van der Waals surface area contributed by atoms with E-state index in [9.17, 15) is 0 Å². The fraction of sp³-hybridized carbons (Fsp3) is 0.100. The van der Waals surface area contributed by atoms with E-state index in [0.717, 1.165) is 12.8 Å². The van der Waals surface area contributed by atoms with Gasteiger partial charge in [-0.1, -0.05) is 60.7 Å². The molecule has 0 heteroatoms. The van der Waals surface area contributed by atoms with Gasteiger partial charge in [0.15, 0.2) is 0 Å². The molecule has 0 unspecified atom stereocenters. The van der Waals surface area contributed by atoms with Crippen LogP contribution in [-0.4, -0.2) is 0 Å². The van der Waals surface area contributed by atoms with E-state index in [1.165, 1.54) is 43.8 Å². The lowest BCUT2D eigenvalue weighted by Gasteiger charge is -2.22. The Labute approximate surface area is 118 Å². The van der Waals surface area contributed by atoms with E-state index in [4.69, 9.17) is 0 Å². The van der Waals surface area contributed by atoms with Gasteiger partial charge in [0, 0.05) is 0 Å². The maximum atomic E-state index is 2.32. The standard InChI is InChI=1S/C20H14/c1-5-13-6-2-11-17-18-12-4-8-14-7-3-10-16(20(14)18)15(9-1)19(13)17/h1-7,10-12H,8-9H2. The fourth-order valence-electron chi connectivity index (χ4n) is 3.87. The van der Waals surface area contributed by atoms with Crippen molar-refractivity contribution in [2.75, 3.05) is 0 Å². The van der Waals surface area contributed by atoms with Gasteiger partial charge in [0.1, 0.15) is 0 Å². The van der Waals surface area contributed by atoms with E-state index in [2.05, 4.69) is 60.7 Å². The molecule has 20 heavy (non-hydrogen) atoms. The zero-order chi connectivity index (χ0) is 13.1. The minimum absolute atomic E-state index is 1.05. The van der Waals surface area contributed by atoms with Gasteiger partial charge in [-0.3, -0.25) is 0 Å². The van der Waals surface area contributed by atoms with Gasteiger partial charge in [0.05, 0.1) is 0 Å². The molecule has 0 atom stereocenters. The lowest BCUT2D eigenvalue weighted by atomic mass is 9.82. The summed E-state index contributed by atoms with van der Waals surface area (Å²) in [6, 6.07) is 13.5. The Morgan fingerprint density at radius 3 is 2.55 bits per heavy atom. The molecule has 0 N–H and O–H groups in total. The van der Waals surface area contributed by atoms with Crippen LogP contribution in [0.15, 0.2) is 48.6 Å². The van der Waals surface area contributed by atoms with Crippen molar-refractivity contribution >= 4 is 33.7 Å². The molecule has 3 aromatic carbocycles. The summed E-state index contributed by atoms with van der Waals surface area (Å²) in [6.45, 7) is 0. The van der Waals surface area contributed by atoms with Crippen molar-refractivity contribution in [3.63, 3.8) is 0 Å². The third kappa shape index (κ3) is 1.17. The molecule has 2 aliphatic carbocycles. The highest BCUT2D eigenvalue weighted by Crippen LogP contribution is 2.41. The van der Waals surface area contributed by atoms with Crippen molar-refractivity contribution < 1.29 is 0 Å². The molecule has 0 saturated carbocycles. The van der Waals surface area contributed by atoms with Gasteiger partial charge in [-0.15, -0.1) is 0 Å². The zero-order valence-corrected chi connectivity index (χ0v) is 11.2. The Bertz CT molecular complexity index is 939. The van der Waals surface area contributed by atoms with Crippen LogP contribution < -0.4 is 0 Å². The van der Waals surface area contributed by atoms with Gasteiger partial charge in [-0.25, -0.2) is 0 Å². The molecule has 0 amide bonds. The smallest absolute Gasteiger partial charge is 0.00638 e. The van der Waals surface area contributed by atoms with Gasteiger partial charge in [0.2, 0.25) is 0 Å². The maximum Gasteiger partial charge on any atom is -0.00638 e. The molecule has 0 aliphatic heterocycles. The van der Waals surface area contributed by atoms with Crippen molar-refractivity contribution in [1.29, 1.82) is 0 Å². The second kappa shape index (κ2) is 3.61. The first kappa shape index (κ1) is 10.4. The molecular weight excluding hydrogens is 240 g/mol. The predicted octanol–water partition coefficient (Wildman–Crippen LogP) is 5.13. The normalized spacial score (nSPS) is 15.2. The molecular formula is C20H14. The Morgan fingerprint density at radius 2 is 1.55 bits per heavy atom. The van der Waals surface area contributed by atoms with Gasteiger partial charge in [-0.2, -0.15) is 0 Å². The summed E-state index contributed by atoms with van der Waals surface area (Å²) in [7, 11) is 0. The second-order valence-electron chi connectivity index (χ2n) is 5.71. The highest BCUT2D eigenvalue weighted by molar-refractivity contribution is 6.14. The monoisotopic (exact) mass is 254 g/mol. The Morgan fingerprint density at radius 1 is 0.700 bits per heavy atom. The van der Waals surface area contributed by atoms with Gasteiger partial charge in [0.25, 0.3) is 0 Å². The Hall–Kier alpha value is -2.34. The third-order valence-electron chi connectivity index (χ3n) is 4.68. The SMILES string of the molecule is C1=Cc2c3cccc4c3c(c3cccc(c23)C1)CC=C4. The quantitative estimate of drug-likeness (QED) is 0.488. The molecule has 0 radical (unpaired) electrons. The van der Waals surface area contributed by atoms with Crippen LogP contribution in [0.25, 0.3) is 33.7 Å². The minimum atomic E-state index is 1.05. The molecule has 94 valence electrons. The van der Waals surface area contributed by atoms with Crippen molar-refractivity contribution in [3.05, 3.63) is 70.8 Å². The molecule has 0 nitrogen and oxygen atoms in total. The summed E-state index contributed by atoms with van der Waals surface area (Å²) >= 11 is 0. The number of hydrogen-bond acceptors (Lipinski definition) is 0. The van der Waals surface area contributed by atoms with E-state index in [1.54, 1.807) is 0 Å². The van der Waals surface area contributed by atoms with Crippen molar-refractivity contribution in [1.82, 2.24) is 0 Å². The number of rotatable bonds is 0. The number of allylic oxidation sites excluding steroid dienone is 2. The topological polar surface area (TPSA) is 0 Å². The average Bonchev–Trinajstić information content (AvgIpc) is 2.52. The molecule has 0 bridgehead atoms. The summed E-state index contributed by atoms with van der Waals surface area (Å²) in [5.41, 5.74) is 5.76. The first-order chi connectivity index (χ1) is 9.93. The highest BCUT2D eigenvalue weighted by Gasteiger charge is 2.18. The molecule has 0 saturated heterocycles. The second-order valence-corrected chi connectivity index (χ2v) is 5.71. The third-order valence-corrected chi connectivity index (χ3v) is 4.68. The van der Waals surface area contributed by atoms with Crippen molar-refractivity contribution in [2.45, 2.75) is 12.8 Å². The van der Waals surface area contributed by atoms with Crippen LogP contribution in [0.1, 0.15) is 22.3 Å². The molecule has 0 spiro atoms. The zero-order valence-electron chi connectivity index (χ0n) is 11.2. The van der Waals surface area contributed by atoms with Gasteiger partial charge >= 0.3 is 0 Å². The summed E-state index contributed by atoms with van der Waals surface area (Å²) in [5.74, 6) is 0. The van der Waals surface area contributed by atoms with Crippen LogP contribution in [0.5, 0.6) is 0 Å². The van der Waals surface area contributed by atoms with Gasteiger partial charge < -0.3 is 0 Å². The first-order valence-corrected chi connectivity index (χ1v) is 7.26. The molecule has 0 aromatic heterocycles. The van der Waals surface area contributed by atoms with Gasteiger partial charge in [-0.05, 0) is 56.6 Å². The minimum Gasteiger partial charge on any atom is -0.0795 e. The van der Waals surface area contributed by atoms with Crippen molar-refractivity contribution in [3.8, 4) is 0 Å². The van der Waals surface area contributed by atoms with Crippen molar-refractivity contribution in [2.24, 2.45) is 0 Å². The van der Waals surface area contributed by atoms with E-state index in [1.807, 2.05) is 0 Å². The fourth-order valence-corrected chi connectivity index (χ4v) is 3.87. The molecule has 0 heterocycles. The summed E-state index contributed by atoms with van der Waals surface area (Å²) < 4.78 is 0. The average molecular weight is 254 g/mol. The molecule has 2 aliphatic rings. The Kier molecular flexibility index (Phi) is 1.88. The maximum absolute atomic E-state index is 2.32. The predicted molar refractivity (Wildman–Crippen MR) is 86.9 cm³/mol. The van der Waals surface area contributed by atoms with E-state index in [-0.39, 0.29) is 0 Å². The first-order valence-electron chi connectivity index (χ1n) is 7.26. The lowest BCUT2D eigenvalue weighted by molar-refractivity contribution is 1.28. The van der Waals surface area contributed by atoms with Crippen LogP contribution in [0.4, 0.5) is 0 Å². The van der Waals surface area contributed by atoms with Crippen LogP contribution in [0.2, 0.25) is 0 Å². The highest BCUT2D eigenvalue weighted by atomic mass is 14.2. The Balaban J connectivity index is 2.17. The largest absolute Gasteiger partial charge is 0.0795 e. The van der Waals surface area contributed by atoms with Crippen LogP contribution >= 0.6 is 0 Å². The van der Waals surface area contributed by atoms with E-state index < -0.39 is 0 Å².